The van der Waals surface area contributed by atoms with Crippen molar-refractivity contribution in [1.29, 1.82) is 0 Å². The van der Waals surface area contributed by atoms with Crippen LogP contribution in [0.15, 0.2) is 23.6 Å². The first-order valence-electron chi connectivity index (χ1n) is 6.19. The van der Waals surface area contributed by atoms with Crippen molar-refractivity contribution in [2.24, 2.45) is 0 Å². The summed E-state index contributed by atoms with van der Waals surface area (Å²) in [6.07, 6.45) is 1.99. The zero-order valence-corrected chi connectivity index (χ0v) is 12.5. The second-order valence-electron chi connectivity index (χ2n) is 4.19. The number of carbonyl (C=O) groups is 1. The molecular weight excluding hydrogens is 298 g/mol. The molecule has 0 saturated heterocycles. The lowest BCUT2D eigenvalue weighted by atomic mass is 10.2. The van der Waals surface area contributed by atoms with Crippen molar-refractivity contribution in [2.75, 3.05) is 0 Å². The topological polar surface area (TPSA) is 59.4 Å². The Balaban J connectivity index is 2.10. The molecule has 4 nitrogen and oxygen atoms in total. The highest BCUT2D eigenvalue weighted by molar-refractivity contribution is 7.09. The van der Waals surface area contributed by atoms with Crippen LogP contribution in [-0.2, 0) is 13.0 Å². The number of carboxylic acids is 1. The van der Waals surface area contributed by atoms with E-state index in [4.69, 9.17) is 21.4 Å². The third kappa shape index (κ3) is 3.49. The number of rotatable bonds is 6. The van der Waals surface area contributed by atoms with Gasteiger partial charge < -0.3 is 9.84 Å². The van der Waals surface area contributed by atoms with E-state index in [-0.39, 0.29) is 22.9 Å². The molecule has 0 radical (unpaired) electrons. The highest BCUT2D eigenvalue weighted by Gasteiger charge is 2.15. The first-order chi connectivity index (χ1) is 9.61. The quantitative estimate of drug-likeness (QED) is 0.875. The molecule has 0 fully saturated rings. The smallest absolute Gasteiger partial charge is 0.341 e. The van der Waals surface area contributed by atoms with Crippen LogP contribution in [0.3, 0.4) is 0 Å². The van der Waals surface area contributed by atoms with Gasteiger partial charge >= 0.3 is 5.97 Å². The second-order valence-corrected chi connectivity index (χ2v) is 5.54. The number of hydrogen-bond acceptors (Lipinski definition) is 4. The molecule has 0 aliphatic heterocycles. The lowest BCUT2D eigenvalue weighted by Crippen LogP contribution is -2.04. The van der Waals surface area contributed by atoms with E-state index >= 15 is 0 Å². The average molecular weight is 312 g/mol. The number of ether oxygens (including phenoxy) is 1. The Bertz CT molecular complexity index is 612. The van der Waals surface area contributed by atoms with Crippen molar-refractivity contribution in [2.45, 2.75) is 26.4 Å². The maximum absolute atomic E-state index is 11.2. The van der Waals surface area contributed by atoms with Crippen LogP contribution in [0.2, 0.25) is 5.02 Å². The molecule has 2 aromatic rings. The van der Waals surface area contributed by atoms with Gasteiger partial charge in [-0.3, -0.25) is 0 Å². The minimum Gasteiger partial charge on any atom is -0.486 e. The third-order valence-corrected chi connectivity index (χ3v) is 3.90. The number of carboxylic acid groups (broad SMARTS) is 1. The summed E-state index contributed by atoms with van der Waals surface area (Å²) >= 11 is 7.47. The van der Waals surface area contributed by atoms with E-state index < -0.39 is 5.97 Å². The van der Waals surface area contributed by atoms with Crippen LogP contribution >= 0.6 is 22.9 Å². The van der Waals surface area contributed by atoms with Crippen LogP contribution < -0.4 is 4.74 Å². The predicted octanol–water partition coefficient (Wildman–Crippen LogP) is 4.03. The van der Waals surface area contributed by atoms with E-state index in [1.54, 1.807) is 23.5 Å². The van der Waals surface area contributed by atoms with Crippen LogP contribution in [-0.4, -0.2) is 16.1 Å². The maximum atomic E-state index is 11.2. The molecule has 0 aliphatic rings. The summed E-state index contributed by atoms with van der Waals surface area (Å²) in [6, 6.07) is 4.78. The number of hydrogen-bond donors (Lipinski definition) is 1. The Morgan fingerprint density at radius 3 is 3.00 bits per heavy atom. The first-order valence-corrected chi connectivity index (χ1v) is 7.45. The van der Waals surface area contributed by atoms with Crippen molar-refractivity contribution < 1.29 is 14.6 Å². The van der Waals surface area contributed by atoms with Crippen LogP contribution in [0.4, 0.5) is 0 Å². The lowest BCUT2D eigenvalue weighted by molar-refractivity contribution is 0.0692. The molecule has 0 bridgehead atoms. The Labute approximate surface area is 126 Å². The predicted molar refractivity (Wildman–Crippen MR) is 78.9 cm³/mol. The van der Waals surface area contributed by atoms with Gasteiger partial charge in [0.15, 0.2) is 0 Å². The molecule has 106 valence electrons. The molecule has 1 heterocycles. The number of aromatic carboxylic acids is 1. The summed E-state index contributed by atoms with van der Waals surface area (Å²) in [5.41, 5.74) is 0.785. The molecule has 0 unspecified atom stereocenters. The highest BCUT2D eigenvalue weighted by Crippen LogP contribution is 2.27. The van der Waals surface area contributed by atoms with Gasteiger partial charge in [-0.1, -0.05) is 24.6 Å². The fourth-order valence-electron chi connectivity index (χ4n) is 1.73. The van der Waals surface area contributed by atoms with E-state index in [1.807, 2.05) is 5.38 Å². The average Bonchev–Trinajstić information content (AvgIpc) is 2.84. The zero-order valence-electron chi connectivity index (χ0n) is 10.9. The van der Waals surface area contributed by atoms with Gasteiger partial charge in [0.2, 0.25) is 0 Å². The van der Waals surface area contributed by atoms with Gasteiger partial charge in [0.1, 0.15) is 17.9 Å². The minimum atomic E-state index is -1.10. The standard InChI is InChI=1S/C14H14ClNO3S/c1-2-4-12-16-9(8-20-12)7-19-11-6-3-5-10(15)13(11)14(17)18/h3,5-6,8H,2,4,7H2,1H3,(H,17,18). The maximum Gasteiger partial charge on any atom is 0.341 e. The summed E-state index contributed by atoms with van der Waals surface area (Å²) < 4.78 is 5.54. The van der Waals surface area contributed by atoms with Gasteiger partial charge in [-0.25, -0.2) is 9.78 Å². The largest absolute Gasteiger partial charge is 0.486 e. The number of thiazole rings is 1. The van der Waals surface area contributed by atoms with E-state index in [0.717, 1.165) is 23.5 Å². The van der Waals surface area contributed by atoms with Crippen molar-refractivity contribution >= 4 is 28.9 Å². The molecule has 6 heteroatoms. The summed E-state index contributed by atoms with van der Waals surface area (Å²) in [4.78, 5) is 15.6. The van der Waals surface area contributed by atoms with E-state index in [1.165, 1.54) is 6.07 Å². The monoisotopic (exact) mass is 311 g/mol. The van der Waals surface area contributed by atoms with E-state index in [2.05, 4.69) is 11.9 Å². The molecule has 0 aliphatic carbocycles. The zero-order chi connectivity index (χ0) is 14.5. The molecule has 20 heavy (non-hydrogen) atoms. The van der Waals surface area contributed by atoms with Crippen molar-refractivity contribution in [3.63, 3.8) is 0 Å². The second kappa shape index (κ2) is 6.72. The third-order valence-electron chi connectivity index (χ3n) is 2.63. The lowest BCUT2D eigenvalue weighted by Gasteiger charge is -2.08. The van der Waals surface area contributed by atoms with Crippen molar-refractivity contribution in [3.8, 4) is 5.75 Å². The Hall–Kier alpha value is -1.59. The minimum absolute atomic E-state index is 0.0156. The van der Waals surface area contributed by atoms with Gasteiger partial charge in [0.25, 0.3) is 0 Å². The molecule has 0 atom stereocenters. The summed E-state index contributed by atoms with van der Waals surface area (Å²) in [5.74, 6) is -0.842. The number of benzene rings is 1. The van der Waals surface area contributed by atoms with Crippen molar-refractivity contribution in [1.82, 2.24) is 4.98 Å². The van der Waals surface area contributed by atoms with Crippen LogP contribution in [0.1, 0.15) is 34.4 Å². The summed E-state index contributed by atoms with van der Waals surface area (Å²) in [6.45, 7) is 2.34. The van der Waals surface area contributed by atoms with E-state index in [0.29, 0.717) is 0 Å². The fourth-order valence-corrected chi connectivity index (χ4v) is 2.86. The molecule has 1 aromatic heterocycles. The Kier molecular flexibility index (Phi) is 4.98. The van der Waals surface area contributed by atoms with Gasteiger partial charge in [-0.2, -0.15) is 0 Å². The molecule has 1 aromatic carbocycles. The number of halogens is 1. The SMILES string of the molecule is CCCc1nc(COc2cccc(Cl)c2C(=O)O)cs1. The highest BCUT2D eigenvalue weighted by atomic mass is 35.5. The Morgan fingerprint density at radius 2 is 2.30 bits per heavy atom. The molecule has 0 amide bonds. The number of aromatic nitrogens is 1. The van der Waals surface area contributed by atoms with Gasteiger partial charge in [-0.05, 0) is 25.0 Å². The van der Waals surface area contributed by atoms with Gasteiger partial charge in [0, 0.05) is 5.38 Å². The number of aryl methyl sites for hydroxylation is 1. The molecule has 0 saturated carbocycles. The molecule has 1 N–H and O–H groups in total. The summed E-state index contributed by atoms with van der Waals surface area (Å²) in [7, 11) is 0. The Morgan fingerprint density at radius 1 is 1.50 bits per heavy atom. The first kappa shape index (κ1) is 14.8. The van der Waals surface area contributed by atoms with Gasteiger partial charge in [-0.15, -0.1) is 11.3 Å². The van der Waals surface area contributed by atoms with E-state index in [9.17, 15) is 4.79 Å². The summed E-state index contributed by atoms with van der Waals surface area (Å²) in [5, 5.41) is 12.3. The van der Waals surface area contributed by atoms with Crippen LogP contribution in [0.25, 0.3) is 0 Å². The van der Waals surface area contributed by atoms with Gasteiger partial charge in [0.05, 0.1) is 15.7 Å². The molecular formula is C14H14ClNO3S. The number of nitrogens with zero attached hydrogens (tertiary/aromatic N) is 1. The normalized spacial score (nSPS) is 10.5. The molecule has 2 rings (SSSR count). The van der Waals surface area contributed by atoms with Crippen molar-refractivity contribution in [3.05, 3.63) is 44.9 Å². The van der Waals surface area contributed by atoms with Crippen LogP contribution in [0, 0.1) is 0 Å². The fraction of sp³-hybridized carbons (Fsp3) is 0.286. The van der Waals surface area contributed by atoms with Crippen LogP contribution in [0.5, 0.6) is 5.75 Å². The molecule has 0 spiro atoms.